The summed E-state index contributed by atoms with van der Waals surface area (Å²) in [5.41, 5.74) is 1.25. The van der Waals surface area contributed by atoms with E-state index in [1.54, 1.807) is 12.1 Å². The van der Waals surface area contributed by atoms with Crippen molar-refractivity contribution in [2.45, 2.75) is 204 Å². The van der Waals surface area contributed by atoms with Crippen molar-refractivity contribution < 1.29 is 54.0 Å². The van der Waals surface area contributed by atoms with Crippen LogP contribution in [0.1, 0.15) is 154 Å². The maximum absolute atomic E-state index is 13.1. The Kier molecular flexibility index (Phi) is 26.1. The predicted molar refractivity (Wildman–Crippen MR) is 228 cm³/mol. The van der Waals surface area contributed by atoms with Crippen molar-refractivity contribution in [3.63, 3.8) is 0 Å². The highest BCUT2D eigenvalue weighted by Gasteiger charge is 2.44. The Balaban J connectivity index is 1.32. The van der Waals surface area contributed by atoms with Crippen molar-refractivity contribution in [3.05, 3.63) is 59.9 Å². The normalized spacial score (nSPS) is 20.9. The molecular formula is C47H76FNO10. The average Bonchev–Trinajstić information content (AvgIpc) is 3.24. The van der Waals surface area contributed by atoms with Gasteiger partial charge in [0, 0.05) is 6.42 Å². The molecule has 0 saturated carbocycles. The van der Waals surface area contributed by atoms with Crippen molar-refractivity contribution in [1.29, 1.82) is 0 Å². The number of rotatable bonds is 33. The van der Waals surface area contributed by atoms with Gasteiger partial charge in [0.25, 0.3) is 0 Å². The number of benzene rings is 2. The Morgan fingerprint density at radius 2 is 1.20 bits per heavy atom. The first-order valence-electron chi connectivity index (χ1n) is 22.7. The summed E-state index contributed by atoms with van der Waals surface area (Å²) < 4.78 is 30.0. The second-order valence-corrected chi connectivity index (χ2v) is 16.5. The molecule has 2 unspecified atom stereocenters. The quantitative estimate of drug-likeness (QED) is 0.0352. The Hall–Kier alpha value is -2.68. The van der Waals surface area contributed by atoms with Gasteiger partial charge in [-0.05, 0) is 67.6 Å². The summed E-state index contributed by atoms with van der Waals surface area (Å²) in [6, 6.07) is 12.9. The number of unbranched alkanes of at least 4 members (excludes halogenated alkanes) is 18. The van der Waals surface area contributed by atoms with E-state index in [-0.39, 0.29) is 24.8 Å². The Morgan fingerprint density at radius 3 is 1.76 bits per heavy atom. The molecule has 0 spiro atoms. The van der Waals surface area contributed by atoms with Gasteiger partial charge >= 0.3 is 0 Å². The van der Waals surface area contributed by atoms with E-state index in [1.165, 1.54) is 69.1 Å². The van der Waals surface area contributed by atoms with Crippen molar-refractivity contribution in [2.75, 3.05) is 13.2 Å². The first-order valence-corrected chi connectivity index (χ1v) is 22.7. The minimum absolute atomic E-state index is 0.242. The first kappa shape index (κ1) is 50.7. The van der Waals surface area contributed by atoms with Gasteiger partial charge in [0.15, 0.2) is 6.29 Å². The molecule has 1 aliphatic rings. The highest BCUT2D eigenvalue weighted by molar-refractivity contribution is 5.76. The van der Waals surface area contributed by atoms with Crippen LogP contribution in [-0.4, -0.2) is 98.7 Å². The summed E-state index contributed by atoms with van der Waals surface area (Å²) in [4.78, 5) is 13.0. The van der Waals surface area contributed by atoms with Crippen LogP contribution in [0.4, 0.5) is 4.39 Å². The molecule has 11 nitrogen and oxygen atoms in total. The fraction of sp³-hybridized carbons (Fsp3) is 0.723. The lowest BCUT2D eigenvalue weighted by Crippen LogP contribution is -2.60. The third-order valence-corrected chi connectivity index (χ3v) is 11.4. The summed E-state index contributed by atoms with van der Waals surface area (Å²) in [5.74, 6) is 0.728. The van der Waals surface area contributed by atoms with Crippen LogP contribution >= 0.6 is 0 Å². The van der Waals surface area contributed by atoms with Crippen molar-refractivity contribution in [1.82, 2.24) is 5.32 Å². The molecule has 0 radical (unpaired) electrons. The van der Waals surface area contributed by atoms with Gasteiger partial charge in [-0.15, -0.1) is 0 Å². The number of hydrogen-bond donors (Lipinski definition) is 7. The van der Waals surface area contributed by atoms with Crippen molar-refractivity contribution in [2.24, 2.45) is 0 Å². The number of nitrogens with one attached hydrogen (secondary N) is 1. The molecule has 0 aromatic heterocycles. The van der Waals surface area contributed by atoms with Crippen LogP contribution in [0.2, 0.25) is 0 Å². The minimum atomic E-state index is -1.62. The largest absolute Gasteiger partial charge is 0.457 e. The van der Waals surface area contributed by atoms with E-state index in [1.807, 2.05) is 12.1 Å². The third-order valence-electron chi connectivity index (χ3n) is 11.4. The molecule has 1 heterocycles. The number of ether oxygens (including phenoxy) is 3. The van der Waals surface area contributed by atoms with Gasteiger partial charge in [-0.2, -0.15) is 0 Å². The van der Waals surface area contributed by atoms with Gasteiger partial charge in [-0.3, -0.25) is 4.79 Å². The van der Waals surface area contributed by atoms with Gasteiger partial charge in [0.1, 0.15) is 47.8 Å². The molecule has 2 aromatic rings. The molecule has 1 fully saturated rings. The van der Waals surface area contributed by atoms with Gasteiger partial charge in [-0.25, -0.2) is 4.39 Å². The number of aryl methyl sites for hydroxylation is 1. The van der Waals surface area contributed by atoms with Crippen LogP contribution in [0.5, 0.6) is 11.5 Å². The smallest absolute Gasteiger partial charge is 0.220 e. The lowest BCUT2D eigenvalue weighted by molar-refractivity contribution is -0.303. The minimum Gasteiger partial charge on any atom is -0.457 e. The number of carbonyl (C=O) groups is 1. The molecule has 12 heteroatoms. The summed E-state index contributed by atoms with van der Waals surface area (Å²) in [6.07, 6.45) is 14.1. The zero-order chi connectivity index (χ0) is 42.7. The van der Waals surface area contributed by atoms with Gasteiger partial charge in [0.05, 0.1) is 25.4 Å². The summed E-state index contributed by atoms with van der Waals surface area (Å²) in [6.45, 7) is 1.29. The highest BCUT2D eigenvalue weighted by Crippen LogP contribution is 2.24. The summed E-state index contributed by atoms with van der Waals surface area (Å²) >= 11 is 0. The zero-order valence-electron chi connectivity index (χ0n) is 35.6. The SMILES string of the molecule is CCCCCCCCCCCCCC[C@H](O)[C@@H](O)[C@H](CO[C@H]1OC(CO)[C@H](O)[C@H](O)C1O)NC(=O)CCCCCCCCCCc1ccc(Oc2ccc(F)cc2)cc1. The molecule has 0 bridgehead atoms. The zero-order valence-corrected chi connectivity index (χ0v) is 35.6. The second kappa shape index (κ2) is 30.4. The second-order valence-electron chi connectivity index (χ2n) is 16.5. The fourth-order valence-corrected chi connectivity index (χ4v) is 7.58. The maximum Gasteiger partial charge on any atom is 0.220 e. The molecule has 336 valence electrons. The highest BCUT2D eigenvalue weighted by atomic mass is 19.1. The number of aliphatic hydroxyl groups is 6. The maximum atomic E-state index is 13.1. The van der Waals surface area contributed by atoms with Gasteiger partial charge in [-0.1, -0.05) is 135 Å². The Morgan fingerprint density at radius 1 is 0.695 bits per heavy atom. The van der Waals surface area contributed by atoms with E-state index in [4.69, 9.17) is 14.2 Å². The van der Waals surface area contributed by atoms with E-state index in [0.29, 0.717) is 18.6 Å². The number of amides is 1. The van der Waals surface area contributed by atoms with E-state index < -0.39 is 55.6 Å². The van der Waals surface area contributed by atoms with E-state index >= 15 is 0 Å². The topological polar surface area (TPSA) is 178 Å². The lowest BCUT2D eigenvalue weighted by atomic mass is 9.98. The standard InChI is InChI=1S/C47H76FNO10/c1-2-3-4-5-6-7-8-9-10-14-17-20-23-40(51)43(53)39(34-57-47-46(56)45(55)44(54)41(33-50)59-47)49-42(52)24-21-18-15-12-11-13-16-19-22-35-25-29-37(30-26-35)58-38-31-27-36(48)28-32-38/h25-32,39-41,43-47,50-51,53-56H,2-24,33-34H2,1H3,(H,49,52)/t39-,40-,41?,43-,44-,45-,46?,47-/m0/s1. The van der Waals surface area contributed by atoms with Crippen molar-refractivity contribution >= 4 is 5.91 Å². The third kappa shape index (κ3) is 20.6. The van der Waals surface area contributed by atoms with Crippen LogP contribution in [0.3, 0.4) is 0 Å². The summed E-state index contributed by atoms with van der Waals surface area (Å²) in [5, 5.41) is 65.2. The number of aliphatic hydroxyl groups excluding tert-OH is 6. The van der Waals surface area contributed by atoms with Crippen LogP contribution in [0.25, 0.3) is 0 Å². The molecule has 0 aliphatic carbocycles. The molecule has 1 aliphatic heterocycles. The Bertz CT molecular complexity index is 1350. The molecule has 1 amide bonds. The molecule has 59 heavy (non-hydrogen) atoms. The molecule has 8 atom stereocenters. The van der Waals surface area contributed by atoms with Gasteiger partial charge < -0.3 is 50.2 Å². The molecule has 2 aromatic carbocycles. The molecule has 7 N–H and O–H groups in total. The van der Waals surface area contributed by atoms with Gasteiger partial charge in [0.2, 0.25) is 5.91 Å². The van der Waals surface area contributed by atoms with Crippen LogP contribution in [0.15, 0.2) is 48.5 Å². The van der Waals surface area contributed by atoms with Crippen LogP contribution in [-0.2, 0) is 20.7 Å². The fourth-order valence-electron chi connectivity index (χ4n) is 7.58. The first-order chi connectivity index (χ1) is 28.6. The van der Waals surface area contributed by atoms with Crippen molar-refractivity contribution in [3.8, 4) is 11.5 Å². The molecule has 1 saturated heterocycles. The van der Waals surface area contributed by atoms with E-state index in [2.05, 4.69) is 24.4 Å². The Labute approximate surface area is 352 Å². The average molecular weight is 834 g/mol. The van der Waals surface area contributed by atoms with E-state index in [0.717, 1.165) is 82.8 Å². The number of halogens is 1. The van der Waals surface area contributed by atoms with E-state index in [9.17, 15) is 39.8 Å². The lowest BCUT2D eigenvalue weighted by Gasteiger charge is -2.40. The van der Waals surface area contributed by atoms with Crippen LogP contribution in [0, 0.1) is 5.82 Å². The summed E-state index contributed by atoms with van der Waals surface area (Å²) in [7, 11) is 0. The number of hydrogen-bond acceptors (Lipinski definition) is 10. The number of carbonyl (C=O) groups excluding carboxylic acids is 1. The molecular weight excluding hydrogens is 758 g/mol. The predicted octanol–water partition coefficient (Wildman–Crippen LogP) is 7.79. The monoisotopic (exact) mass is 834 g/mol. The molecule has 3 rings (SSSR count). The van der Waals surface area contributed by atoms with Crippen LogP contribution < -0.4 is 10.1 Å².